The Labute approximate surface area is 185 Å². The number of hydrogen-bond donors (Lipinski definition) is 0. The number of benzene rings is 2. The topological polar surface area (TPSA) is 0 Å². The fraction of sp³-hybridized carbons (Fsp3) is 0.500. The minimum atomic E-state index is -2.80. The van der Waals surface area contributed by atoms with Gasteiger partial charge >= 0.3 is 0 Å². The summed E-state index contributed by atoms with van der Waals surface area (Å²) in [4.78, 5) is 0. The summed E-state index contributed by atoms with van der Waals surface area (Å²) in [6, 6.07) is 10.9. The summed E-state index contributed by atoms with van der Waals surface area (Å²) in [6.07, 6.45) is 12.3. The van der Waals surface area contributed by atoms with Gasteiger partial charge in [-0.3, -0.25) is 0 Å². The van der Waals surface area contributed by atoms with Crippen molar-refractivity contribution in [2.45, 2.75) is 78.1 Å². The molecular weight excluding hydrogens is 393 g/mol. The molecule has 0 N–H and O–H groups in total. The molecule has 2 aromatic rings. The van der Waals surface area contributed by atoms with Crippen LogP contribution in [0, 0.1) is 17.7 Å². The van der Waals surface area contributed by atoms with Crippen molar-refractivity contribution < 1.29 is 13.2 Å². The van der Waals surface area contributed by atoms with Gasteiger partial charge in [-0.25, -0.2) is 13.2 Å². The van der Waals surface area contributed by atoms with Crippen LogP contribution in [0.4, 0.5) is 13.2 Å². The number of rotatable bonds is 9. The van der Waals surface area contributed by atoms with Crippen molar-refractivity contribution in [3.05, 3.63) is 71.1 Å². The quantitative estimate of drug-likeness (QED) is 0.349. The second-order valence-electron chi connectivity index (χ2n) is 8.89. The molecule has 1 fully saturated rings. The number of aryl methyl sites for hydroxylation is 2. The van der Waals surface area contributed by atoms with Crippen molar-refractivity contribution in [2.24, 2.45) is 11.8 Å². The Kier molecular flexibility index (Phi) is 8.80. The summed E-state index contributed by atoms with van der Waals surface area (Å²) in [5.74, 6) is 0.875. The van der Waals surface area contributed by atoms with Crippen LogP contribution < -0.4 is 0 Å². The Hall–Kier alpha value is -2.03. The predicted octanol–water partition coefficient (Wildman–Crippen LogP) is 9.09. The molecule has 168 valence electrons. The first-order chi connectivity index (χ1) is 15.0. The van der Waals surface area contributed by atoms with Crippen molar-refractivity contribution in [3.8, 4) is 11.1 Å². The molecular formula is C28H35F3. The highest BCUT2D eigenvalue weighted by Crippen LogP contribution is 2.34. The maximum atomic E-state index is 14.8. The molecule has 1 aliphatic carbocycles. The molecule has 1 saturated carbocycles. The highest BCUT2D eigenvalue weighted by atomic mass is 19.3. The molecule has 0 nitrogen and oxygen atoms in total. The summed E-state index contributed by atoms with van der Waals surface area (Å²) >= 11 is 0. The van der Waals surface area contributed by atoms with E-state index < -0.39 is 17.8 Å². The third-order valence-corrected chi connectivity index (χ3v) is 6.73. The van der Waals surface area contributed by atoms with Crippen LogP contribution in [0.25, 0.3) is 11.1 Å². The van der Waals surface area contributed by atoms with E-state index in [4.69, 9.17) is 0 Å². The maximum Gasteiger partial charge on any atom is 0.266 e. The van der Waals surface area contributed by atoms with Crippen LogP contribution in [0.3, 0.4) is 0 Å². The van der Waals surface area contributed by atoms with Crippen LogP contribution in [-0.4, -0.2) is 0 Å². The average Bonchev–Trinajstić information content (AvgIpc) is 2.78. The first-order valence-electron chi connectivity index (χ1n) is 11.9. The van der Waals surface area contributed by atoms with Crippen LogP contribution >= 0.6 is 0 Å². The van der Waals surface area contributed by atoms with Crippen molar-refractivity contribution >= 4 is 0 Å². The van der Waals surface area contributed by atoms with Gasteiger partial charge in [-0.15, -0.1) is 0 Å². The fourth-order valence-corrected chi connectivity index (χ4v) is 4.87. The first kappa shape index (κ1) is 23.6. The minimum Gasteiger partial charge on any atom is -0.206 e. The summed E-state index contributed by atoms with van der Waals surface area (Å²) in [5, 5.41) is 0. The smallest absolute Gasteiger partial charge is 0.206 e. The van der Waals surface area contributed by atoms with Crippen molar-refractivity contribution in [1.82, 2.24) is 0 Å². The molecule has 0 atom stereocenters. The molecule has 2 aromatic carbocycles. The van der Waals surface area contributed by atoms with Crippen molar-refractivity contribution in [2.75, 3.05) is 0 Å². The lowest BCUT2D eigenvalue weighted by molar-refractivity contribution is 0.145. The normalized spacial score (nSPS) is 19.4. The molecule has 0 saturated heterocycles. The molecule has 0 spiro atoms. The zero-order valence-electron chi connectivity index (χ0n) is 18.8. The van der Waals surface area contributed by atoms with Crippen molar-refractivity contribution in [1.29, 1.82) is 0 Å². The number of alkyl halides is 2. The Morgan fingerprint density at radius 1 is 0.968 bits per heavy atom. The van der Waals surface area contributed by atoms with Gasteiger partial charge in [0.2, 0.25) is 0 Å². The second-order valence-corrected chi connectivity index (χ2v) is 8.89. The third kappa shape index (κ3) is 6.24. The molecule has 0 aliphatic heterocycles. The van der Waals surface area contributed by atoms with Crippen LogP contribution in [0.1, 0.15) is 81.9 Å². The lowest BCUT2D eigenvalue weighted by Gasteiger charge is -2.26. The SMILES string of the molecule is CCCC1CCC(/C=C/CCc2ccc(-c3ccc(CC)c(C(F)F)c3F)cc2)CC1. The lowest BCUT2D eigenvalue weighted by atomic mass is 9.80. The Morgan fingerprint density at radius 3 is 2.29 bits per heavy atom. The van der Waals surface area contributed by atoms with Gasteiger partial charge in [0.25, 0.3) is 6.43 Å². The summed E-state index contributed by atoms with van der Waals surface area (Å²) in [6.45, 7) is 4.04. The molecule has 0 heterocycles. The fourth-order valence-electron chi connectivity index (χ4n) is 4.87. The van der Waals surface area contributed by atoms with E-state index >= 15 is 0 Å². The monoisotopic (exact) mass is 428 g/mol. The molecule has 0 radical (unpaired) electrons. The maximum absolute atomic E-state index is 14.8. The highest BCUT2D eigenvalue weighted by Gasteiger charge is 2.21. The molecule has 0 aromatic heterocycles. The molecule has 0 bridgehead atoms. The van der Waals surface area contributed by atoms with Gasteiger partial charge in [0.05, 0.1) is 5.56 Å². The van der Waals surface area contributed by atoms with Gasteiger partial charge in [-0.2, -0.15) is 0 Å². The molecule has 3 heteroatoms. The Balaban J connectivity index is 1.56. The molecule has 3 rings (SSSR count). The van der Waals surface area contributed by atoms with Gasteiger partial charge in [0.1, 0.15) is 5.82 Å². The highest BCUT2D eigenvalue weighted by molar-refractivity contribution is 5.66. The number of allylic oxidation sites excluding steroid dienone is 2. The number of hydrogen-bond acceptors (Lipinski definition) is 0. The van der Waals surface area contributed by atoms with E-state index in [1.807, 2.05) is 24.3 Å². The summed E-state index contributed by atoms with van der Waals surface area (Å²) in [7, 11) is 0. The predicted molar refractivity (Wildman–Crippen MR) is 124 cm³/mol. The van der Waals surface area contributed by atoms with E-state index in [1.165, 1.54) is 44.1 Å². The molecule has 0 amide bonds. The van der Waals surface area contributed by atoms with E-state index in [0.717, 1.165) is 24.7 Å². The van der Waals surface area contributed by atoms with Crippen LogP contribution in [0.5, 0.6) is 0 Å². The lowest BCUT2D eigenvalue weighted by Crippen LogP contribution is -2.12. The van der Waals surface area contributed by atoms with Gasteiger partial charge < -0.3 is 0 Å². The first-order valence-corrected chi connectivity index (χ1v) is 11.9. The summed E-state index contributed by atoms with van der Waals surface area (Å²) in [5.41, 5.74) is 1.99. The van der Waals surface area contributed by atoms with E-state index in [0.29, 0.717) is 17.5 Å². The Morgan fingerprint density at radius 2 is 1.68 bits per heavy atom. The number of halogens is 3. The second kappa shape index (κ2) is 11.5. The van der Waals surface area contributed by atoms with Gasteiger partial charge in [0.15, 0.2) is 0 Å². The third-order valence-electron chi connectivity index (χ3n) is 6.73. The van der Waals surface area contributed by atoms with Gasteiger partial charge in [-0.05, 0) is 73.5 Å². The van der Waals surface area contributed by atoms with Gasteiger partial charge in [0, 0.05) is 5.56 Å². The largest absolute Gasteiger partial charge is 0.266 e. The van der Waals surface area contributed by atoms with Crippen molar-refractivity contribution in [3.63, 3.8) is 0 Å². The van der Waals surface area contributed by atoms with E-state index in [-0.39, 0.29) is 5.56 Å². The van der Waals surface area contributed by atoms with E-state index in [9.17, 15) is 13.2 Å². The summed E-state index contributed by atoms with van der Waals surface area (Å²) < 4.78 is 41.5. The van der Waals surface area contributed by atoms with Gasteiger partial charge in [-0.1, -0.05) is 75.2 Å². The molecule has 0 unspecified atom stereocenters. The minimum absolute atomic E-state index is 0.248. The average molecular weight is 429 g/mol. The Bertz CT molecular complexity index is 843. The standard InChI is InChI=1S/C28H35F3/c1-3-7-20-10-12-21(13-11-20)8-5-6-9-22-14-16-24(17-15-22)25-19-18-23(4-2)26(27(25)29)28(30)31/h5,8,14-21,28H,3-4,6-7,9-13H2,1-2H3/b8-5+. The van der Waals surface area contributed by atoms with Crippen LogP contribution in [0.15, 0.2) is 48.6 Å². The van der Waals surface area contributed by atoms with E-state index in [2.05, 4.69) is 19.1 Å². The van der Waals surface area contributed by atoms with Crippen LogP contribution in [0.2, 0.25) is 0 Å². The zero-order chi connectivity index (χ0) is 22.2. The molecule has 31 heavy (non-hydrogen) atoms. The zero-order valence-corrected chi connectivity index (χ0v) is 18.8. The van der Waals surface area contributed by atoms with Crippen LogP contribution in [-0.2, 0) is 12.8 Å². The van der Waals surface area contributed by atoms with E-state index in [1.54, 1.807) is 19.1 Å². The molecule has 1 aliphatic rings.